The van der Waals surface area contributed by atoms with Gasteiger partial charge in [0, 0.05) is 6.42 Å². The van der Waals surface area contributed by atoms with Crippen LogP contribution in [0.1, 0.15) is 24.5 Å². The Bertz CT molecular complexity index is 912. The van der Waals surface area contributed by atoms with Gasteiger partial charge in [0.1, 0.15) is 23.7 Å². The van der Waals surface area contributed by atoms with Crippen molar-refractivity contribution in [3.05, 3.63) is 35.9 Å². The van der Waals surface area contributed by atoms with Gasteiger partial charge in [-0.2, -0.15) is 0 Å². The Morgan fingerprint density at radius 2 is 1.90 bits per heavy atom. The predicted octanol–water partition coefficient (Wildman–Crippen LogP) is 0.0517. The second kappa shape index (κ2) is 8.10. The van der Waals surface area contributed by atoms with E-state index in [4.69, 9.17) is 21.1 Å². The van der Waals surface area contributed by atoms with Gasteiger partial charge in [0.05, 0.1) is 24.5 Å². The summed E-state index contributed by atoms with van der Waals surface area (Å²) >= 11 is 5.64. The van der Waals surface area contributed by atoms with Crippen molar-refractivity contribution in [3.8, 4) is 0 Å². The first-order valence-corrected chi connectivity index (χ1v) is 10.3. The number of carboxylic acids is 2. The van der Waals surface area contributed by atoms with Crippen molar-refractivity contribution in [2.75, 3.05) is 5.88 Å². The van der Waals surface area contributed by atoms with Crippen LogP contribution in [0.25, 0.3) is 0 Å². The molecule has 3 saturated heterocycles. The number of fused-ring (bicyclic) bond motifs is 3. The third-order valence-electron chi connectivity index (χ3n) is 6.09. The van der Waals surface area contributed by atoms with Crippen LogP contribution in [0.3, 0.4) is 0 Å². The molecular formula is C20H21ClN2O8. The van der Waals surface area contributed by atoms with Crippen LogP contribution >= 0.6 is 11.6 Å². The monoisotopic (exact) mass is 452 g/mol. The van der Waals surface area contributed by atoms with Crippen molar-refractivity contribution in [2.24, 2.45) is 5.92 Å². The molecular weight excluding hydrogens is 432 g/mol. The fraction of sp³-hybridized carbons (Fsp3) is 0.500. The molecule has 4 N–H and O–H groups in total. The number of halogens is 1. The summed E-state index contributed by atoms with van der Waals surface area (Å²) in [5.74, 6) is -5.31. The molecule has 10 nitrogen and oxygen atoms in total. The molecule has 0 spiro atoms. The fourth-order valence-electron chi connectivity index (χ4n) is 4.94. The molecule has 1 aromatic rings. The minimum absolute atomic E-state index is 0.281. The first-order valence-electron chi connectivity index (χ1n) is 9.75. The van der Waals surface area contributed by atoms with Crippen molar-refractivity contribution >= 4 is 35.4 Å². The Morgan fingerprint density at radius 3 is 2.52 bits per heavy atom. The van der Waals surface area contributed by atoms with Gasteiger partial charge in [-0.15, -0.1) is 11.6 Å². The first-order chi connectivity index (χ1) is 14.8. The molecule has 3 aliphatic rings. The van der Waals surface area contributed by atoms with Crippen molar-refractivity contribution in [2.45, 2.75) is 48.8 Å². The van der Waals surface area contributed by atoms with E-state index < -0.39 is 72.1 Å². The summed E-state index contributed by atoms with van der Waals surface area (Å²) in [5, 5.41) is 24.2. The highest BCUT2D eigenvalue weighted by atomic mass is 35.5. The van der Waals surface area contributed by atoms with Crippen LogP contribution in [0.15, 0.2) is 30.3 Å². The van der Waals surface area contributed by atoms with Gasteiger partial charge in [-0.25, -0.2) is 4.79 Å². The van der Waals surface area contributed by atoms with Crippen LogP contribution in [-0.4, -0.2) is 69.7 Å². The van der Waals surface area contributed by atoms with Gasteiger partial charge in [-0.1, -0.05) is 30.3 Å². The molecule has 0 aromatic heterocycles. The summed E-state index contributed by atoms with van der Waals surface area (Å²) < 4.78 is 12.3. The van der Waals surface area contributed by atoms with Crippen molar-refractivity contribution in [1.29, 1.82) is 0 Å². The third-order valence-corrected chi connectivity index (χ3v) is 6.33. The first kappa shape index (κ1) is 21.5. The lowest BCUT2D eigenvalue weighted by atomic mass is 9.78. The number of hydrogen-bond donors (Lipinski definition) is 4. The summed E-state index contributed by atoms with van der Waals surface area (Å²) in [6.07, 6.45) is -2.82. The summed E-state index contributed by atoms with van der Waals surface area (Å²) in [6.45, 7) is 0. The second-order valence-electron chi connectivity index (χ2n) is 7.91. The van der Waals surface area contributed by atoms with Crippen molar-refractivity contribution in [3.63, 3.8) is 0 Å². The molecule has 0 saturated carbocycles. The number of rotatable bonds is 6. The number of carboxylic acid groups (broad SMARTS) is 2. The number of amides is 2. The summed E-state index contributed by atoms with van der Waals surface area (Å²) in [7, 11) is 0. The van der Waals surface area contributed by atoms with Crippen LogP contribution in [0.4, 0.5) is 0 Å². The maximum Gasteiger partial charge on any atom is 0.329 e. The Kier molecular flexibility index (Phi) is 5.63. The van der Waals surface area contributed by atoms with E-state index in [0.717, 1.165) is 5.56 Å². The lowest BCUT2D eigenvalue weighted by molar-refractivity contribution is -0.165. The van der Waals surface area contributed by atoms with E-state index in [-0.39, 0.29) is 12.3 Å². The fourth-order valence-corrected chi connectivity index (χ4v) is 5.02. The van der Waals surface area contributed by atoms with E-state index in [0.29, 0.717) is 0 Å². The number of carbonyl (C=O) groups is 4. The number of hydrogen-bond acceptors (Lipinski definition) is 6. The highest BCUT2D eigenvalue weighted by Crippen LogP contribution is 2.51. The molecule has 7 atom stereocenters. The Balaban J connectivity index is 1.75. The maximum absolute atomic E-state index is 12.8. The summed E-state index contributed by atoms with van der Waals surface area (Å²) in [6, 6.07) is 6.92. The second-order valence-corrected chi connectivity index (χ2v) is 8.18. The van der Waals surface area contributed by atoms with Gasteiger partial charge in [0.15, 0.2) is 6.04 Å². The molecule has 0 aliphatic carbocycles. The molecule has 0 bridgehead atoms. The number of nitrogens with one attached hydrogen (secondary N) is 2. The molecule has 3 fully saturated rings. The average Bonchev–Trinajstić information content (AvgIpc) is 3.20. The van der Waals surface area contributed by atoms with E-state index in [9.17, 15) is 29.4 Å². The van der Waals surface area contributed by atoms with Gasteiger partial charge in [0.25, 0.3) is 0 Å². The smallest absolute Gasteiger partial charge is 0.329 e. The Morgan fingerprint density at radius 1 is 1.19 bits per heavy atom. The van der Waals surface area contributed by atoms with Gasteiger partial charge in [0.2, 0.25) is 11.8 Å². The molecule has 2 amide bonds. The summed E-state index contributed by atoms with van der Waals surface area (Å²) in [5.41, 5.74) is -1.05. The molecule has 1 aromatic carbocycles. The van der Waals surface area contributed by atoms with Crippen molar-refractivity contribution < 1.29 is 38.9 Å². The van der Waals surface area contributed by atoms with Crippen LogP contribution < -0.4 is 10.6 Å². The highest BCUT2D eigenvalue weighted by Gasteiger charge is 2.71. The lowest BCUT2D eigenvalue weighted by Crippen LogP contribution is -2.56. The SMILES string of the molecule is O=C(O)C[C@]12O[C@H]3[C@H](O[C@@H](c4ccccc4)C[C@H]3NC(=O)CCl)[C@H]1C(=O)N[C@@H]2C(=O)O. The Labute approximate surface area is 181 Å². The standard InChI is InChI=1S/C20H21ClN2O8/c21-8-12(24)22-10-6-11(9-4-2-1-3-5-9)30-16-14-18(27)23-17(19(28)29)20(14,7-13(25)26)31-15(10)16/h1-5,10-11,14-17H,6-8H2,(H,22,24)(H,23,27)(H,25,26)(H,28,29)/t10-,11-,14+,15-,16-,17-,20+/m1/s1. The normalized spacial score (nSPS) is 36.2. The predicted molar refractivity (Wildman–Crippen MR) is 104 cm³/mol. The zero-order valence-corrected chi connectivity index (χ0v) is 16.9. The largest absolute Gasteiger partial charge is 0.481 e. The molecule has 3 heterocycles. The average molecular weight is 453 g/mol. The van der Waals surface area contributed by atoms with Crippen LogP contribution in [0, 0.1) is 5.92 Å². The number of ether oxygens (including phenoxy) is 2. The maximum atomic E-state index is 12.8. The number of alkyl halides is 1. The van der Waals surface area contributed by atoms with Gasteiger partial charge >= 0.3 is 11.9 Å². The Hall–Kier alpha value is -2.69. The van der Waals surface area contributed by atoms with Crippen LogP contribution in [-0.2, 0) is 28.7 Å². The minimum Gasteiger partial charge on any atom is -0.481 e. The lowest BCUT2D eigenvalue weighted by Gasteiger charge is -2.39. The topological polar surface area (TPSA) is 151 Å². The molecule has 166 valence electrons. The van der Waals surface area contributed by atoms with Gasteiger partial charge in [-0.3, -0.25) is 14.4 Å². The number of aliphatic carboxylic acids is 2. The quantitative estimate of drug-likeness (QED) is 0.442. The number of benzene rings is 1. The molecule has 31 heavy (non-hydrogen) atoms. The number of carbonyl (C=O) groups excluding carboxylic acids is 2. The molecule has 3 aliphatic heterocycles. The minimum atomic E-state index is -1.85. The summed E-state index contributed by atoms with van der Waals surface area (Å²) in [4.78, 5) is 48.3. The molecule has 0 radical (unpaired) electrons. The van der Waals surface area contributed by atoms with E-state index in [2.05, 4.69) is 10.6 Å². The van der Waals surface area contributed by atoms with E-state index >= 15 is 0 Å². The molecule has 4 rings (SSSR count). The van der Waals surface area contributed by atoms with Crippen LogP contribution in [0.5, 0.6) is 0 Å². The van der Waals surface area contributed by atoms with E-state index in [1.807, 2.05) is 30.3 Å². The zero-order valence-electron chi connectivity index (χ0n) is 16.2. The highest BCUT2D eigenvalue weighted by molar-refractivity contribution is 6.27. The van der Waals surface area contributed by atoms with Gasteiger partial charge in [-0.05, 0) is 5.56 Å². The molecule has 11 heteroatoms. The van der Waals surface area contributed by atoms with E-state index in [1.165, 1.54) is 0 Å². The third kappa shape index (κ3) is 3.64. The van der Waals surface area contributed by atoms with Gasteiger partial charge < -0.3 is 30.3 Å². The molecule has 0 unspecified atom stereocenters. The van der Waals surface area contributed by atoms with E-state index in [1.54, 1.807) is 0 Å². The zero-order chi connectivity index (χ0) is 22.3. The van der Waals surface area contributed by atoms with Crippen molar-refractivity contribution in [1.82, 2.24) is 10.6 Å². The van der Waals surface area contributed by atoms with Crippen LogP contribution in [0.2, 0.25) is 0 Å².